The fourth-order valence-electron chi connectivity index (χ4n) is 3.07. The van der Waals surface area contributed by atoms with Gasteiger partial charge in [0.25, 0.3) is 0 Å². The molecule has 1 aliphatic rings. The minimum absolute atomic E-state index is 0.565. The van der Waals surface area contributed by atoms with Crippen LogP contribution in [0.4, 0.5) is 0 Å². The molecular weight excluding hydrogens is 256 g/mol. The number of hydrogen-bond donors (Lipinski definition) is 1. The van der Waals surface area contributed by atoms with Gasteiger partial charge in [0.2, 0.25) is 0 Å². The predicted molar refractivity (Wildman–Crippen MR) is 75.2 cm³/mol. The fourth-order valence-corrected chi connectivity index (χ4v) is 3.07. The molecule has 2 rings (SSSR count). The Morgan fingerprint density at radius 2 is 2.25 bits per heavy atom. The molecular formula is C14H24N4O2. The Morgan fingerprint density at radius 1 is 1.45 bits per heavy atom. The molecule has 0 spiro atoms. The van der Waals surface area contributed by atoms with E-state index in [0.717, 1.165) is 44.6 Å². The maximum atomic E-state index is 11.6. The van der Waals surface area contributed by atoms with E-state index in [-0.39, 0.29) is 0 Å². The highest BCUT2D eigenvalue weighted by Gasteiger charge is 2.44. The number of rotatable bonds is 7. The molecule has 0 aliphatic carbocycles. The Balaban J connectivity index is 2.02. The first-order valence-electron chi connectivity index (χ1n) is 7.43. The number of carboxylic acids is 1. The number of carboxylic acid groups (broad SMARTS) is 1. The third kappa shape index (κ3) is 3.00. The van der Waals surface area contributed by atoms with Crippen molar-refractivity contribution in [3.8, 4) is 0 Å². The number of aromatic nitrogens is 3. The SMILES string of the molecule is CCCn1ncnc1CN1CCC(CCC)(C(=O)O)C1. The molecule has 0 bridgehead atoms. The summed E-state index contributed by atoms with van der Waals surface area (Å²) in [5.74, 6) is 0.279. The van der Waals surface area contributed by atoms with E-state index in [0.29, 0.717) is 13.1 Å². The van der Waals surface area contributed by atoms with Crippen LogP contribution in [0.15, 0.2) is 6.33 Å². The molecule has 20 heavy (non-hydrogen) atoms. The lowest BCUT2D eigenvalue weighted by Crippen LogP contribution is -2.34. The quantitative estimate of drug-likeness (QED) is 0.824. The Hall–Kier alpha value is -1.43. The van der Waals surface area contributed by atoms with E-state index in [1.165, 1.54) is 0 Å². The number of aliphatic carboxylic acids is 1. The predicted octanol–water partition coefficient (Wildman–Crippen LogP) is 1.76. The maximum absolute atomic E-state index is 11.6. The van der Waals surface area contributed by atoms with Crippen molar-refractivity contribution in [3.05, 3.63) is 12.2 Å². The van der Waals surface area contributed by atoms with E-state index in [9.17, 15) is 9.90 Å². The molecule has 1 aromatic rings. The standard InChI is InChI=1S/C14H24N4O2/c1-3-5-14(13(19)20)6-8-17(10-14)9-12-15-11-16-18(12)7-4-2/h11H,3-10H2,1-2H3,(H,19,20). The zero-order valence-corrected chi connectivity index (χ0v) is 12.4. The van der Waals surface area contributed by atoms with Crippen LogP contribution in [0.5, 0.6) is 0 Å². The molecule has 0 radical (unpaired) electrons. The summed E-state index contributed by atoms with van der Waals surface area (Å²) in [6, 6.07) is 0. The van der Waals surface area contributed by atoms with Crippen molar-refractivity contribution in [2.45, 2.75) is 52.6 Å². The Labute approximate surface area is 119 Å². The van der Waals surface area contributed by atoms with Crippen molar-refractivity contribution in [2.75, 3.05) is 13.1 Å². The van der Waals surface area contributed by atoms with Crippen LogP contribution in [0, 0.1) is 5.41 Å². The van der Waals surface area contributed by atoms with Gasteiger partial charge in [0.1, 0.15) is 12.2 Å². The van der Waals surface area contributed by atoms with E-state index < -0.39 is 11.4 Å². The molecule has 1 saturated heterocycles. The van der Waals surface area contributed by atoms with Crippen LogP contribution in [-0.4, -0.2) is 43.8 Å². The van der Waals surface area contributed by atoms with Crippen molar-refractivity contribution >= 4 is 5.97 Å². The molecule has 112 valence electrons. The van der Waals surface area contributed by atoms with Crippen molar-refractivity contribution < 1.29 is 9.90 Å². The van der Waals surface area contributed by atoms with Crippen LogP contribution in [0.3, 0.4) is 0 Å². The number of nitrogens with zero attached hydrogens (tertiary/aromatic N) is 4. The zero-order chi connectivity index (χ0) is 14.6. The summed E-state index contributed by atoms with van der Waals surface area (Å²) in [5.41, 5.74) is -0.565. The smallest absolute Gasteiger partial charge is 0.310 e. The van der Waals surface area contributed by atoms with E-state index in [1.54, 1.807) is 6.33 Å². The van der Waals surface area contributed by atoms with Gasteiger partial charge in [0.15, 0.2) is 0 Å². The first kappa shape index (κ1) is 15.0. The van der Waals surface area contributed by atoms with Gasteiger partial charge in [-0.15, -0.1) is 0 Å². The minimum Gasteiger partial charge on any atom is -0.481 e. The maximum Gasteiger partial charge on any atom is 0.310 e. The van der Waals surface area contributed by atoms with Gasteiger partial charge in [-0.3, -0.25) is 9.69 Å². The van der Waals surface area contributed by atoms with Gasteiger partial charge in [0.05, 0.1) is 12.0 Å². The van der Waals surface area contributed by atoms with Gasteiger partial charge in [-0.1, -0.05) is 20.3 Å². The summed E-state index contributed by atoms with van der Waals surface area (Å²) in [7, 11) is 0. The van der Waals surface area contributed by atoms with Gasteiger partial charge in [-0.2, -0.15) is 5.10 Å². The van der Waals surface area contributed by atoms with Crippen LogP contribution in [0.1, 0.15) is 45.4 Å². The van der Waals surface area contributed by atoms with E-state index in [2.05, 4.69) is 21.9 Å². The van der Waals surface area contributed by atoms with Gasteiger partial charge in [-0.05, 0) is 25.8 Å². The summed E-state index contributed by atoms with van der Waals surface area (Å²) in [6.45, 7) is 7.16. The second-order valence-electron chi connectivity index (χ2n) is 5.70. The van der Waals surface area contributed by atoms with Crippen molar-refractivity contribution in [1.29, 1.82) is 0 Å². The molecule has 2 heterocycles. The summed E-state index contributed by atoms with van der Waals surface area (Å²) < 4.78 is 1.92. The molecule has 1 N–H and O–H groups in total. The number of aryl methyl sites for hydroxylation is 1. The first-order chi connectivity index (χ1) is 9.61. The number of likely N-dealkylation sites (tertiary alicyclic amines) is 1. The lowest BCUT2D eigenvalue weighted by molar-refractivity contribution is -0.148. The Morgan fingerprint density at radius 3 is 2.90 bits per heavy atom. The average molecular weight is 280 g/mol. The summed E-state index contributed by atoms with van der Waals surface area (Å²) in [4.78, 5) is 18.1. The fraction of sp³-hybridized carbons (Fsp3) is 0.786. The van der Waals surface area contributed by atoms with Crippen molar-refractivity contribution in [2.24, 2.45) is 5.41 Å². The zero-order valence-electron chi connectivity index (χ0n) is 12.4. The van der Waals surface area contributed by atoms with Crippen LogP contribution in [-0.2, 0) is 17.9 Å². The second kappa shape index (κ2) is 6.35. The lowest BCUT2D eigenvalue weighted by Gasteiger charge is -2.24. The third-order valence-electron chi connectivity index (χ3n) is 4.11. The second-order valence-corrected chi connectivity index (χ2v) is 5.70. The van der Waals surface area contributed by atoms with Gasteiger partial charge < -0.3 is 5.11 Å². The number of hydrogen-bond acceptors (Lipinski definition) is 4. The molecule has 1 aliphatic heterocycles. The number of carbonyl (C=O) groups is 1. The molecule has 6 nitrogen and oxygen atoms in total. The van der Waals surface area contributed by atoms with Crippen molar-refractivity contribution in [3.63, 3.8) is 0 Å². The van der Waals surface area contributed by atoms with Gasteiger partial charge in [-0.25, -0.2) is 9.67 Å². The van der Waals surface area contributed by atoms with Crippen LogP contribution < -0.4 is 0 Å². The Kier molecular flexibility index (Phi) is 4.75. The highest BCUT2D eigenvalue weighted by molar-refractivity contribution is 5.75. The molecule has 1 aromatic heterocycles. The van der Waals surface area contributed by atoms with Crippen LogP contribution in [0.2, 0.25) is 0 Å². The van der Waals surface area contributed by atoms with E-state index >= 15 is 0 Å². The molecule has 0 amide bonds. The highest BCUT2D eigenvalue weighted by Crippen LogP contribution is 2.36. The average Bonchev–Trinajstić information content (AvgIpc) is 3.00. The van der Waals surface area contributed by atoms with Crippen LogP contribution in [0.25, 0.3) is 0 Å². The largest absolute Gasteiger partial charge is 0.481 e. The van der Waals surface area contributed by atoms with Crippen LogP contribution >= 0.6 is 0 Å². The topological polar surface area (TPSA) is 71.2 Å². The molecule has 6 heteroatoms. The molecule has 1 atom stereocenters. The minimum atomic E-state index is -0.656. The third-order valence-corrected chi connectivity index (χ3v) is 4.11. The van der Waals surface area contributed by atoms with E-state index in [4.69, 9.17) is 0 Å². The van der Waals surface area contributed by atoms with Gasteiger partial charge in [0, 0.05) is 13.1 Å². The lowest BCUT2D eigenvalue weighted by atomic mass is 9.83. The van der Waals surface area contributed by atoms with E-state index in [1.807, 2.05) is 11.6 Å². The molecule has 1 unspecified atom stereocenters. The normalized spacial score (nSPS) is 23.3. The molecule has 0 saturated carbocycles. The summed E-state index contributed by atoms with van der Waals surface area (Å²) >= 11 is 0. The first-order valence-corrected chi connectivity index (χ1v) is 7.43. The monoisotopic (exact) mass is 280 g/mol. The van der Waals surface area contributed by atoms with Gasteiger partial charge >= 0.3 is 5.97 Å². The highest BCUT2D eigenvalue weighted by atomic mass is 16.4. The molecule has 0 aromatic carbocycles. The molecule has 1 fully saturated rings. The summed E-state index contributed by atoms with van der Waals surface area (Å²) in [5, 5.41) is 13.7. The van der Waals surface area contributed by atoms with Crippen molar-refractivity contribution in [1.82, 2.24) is 19.7 Å². The summed E-state index contributed by atoms with van der Waals surface area (Å²) in [6.07, 6.45) is 4.99. The Bertz CT molecular complexity index is 460.